The van der Waals surface area contributed by atoms with Gasteiger partial charge in [-0.3, -0.25) is 0 Å². The number of amidine groups is 2. The van der Waals surface area contributed by atoms with Crippen LogP contribution in [-0.2, 0) is 5.66 Å². The van der Waals surface area contributed by atoms with E-state index in [1.54, 1.807) is 4.42 Å². The molecule has 4 heteroatoms. The molecule has 1 heterocycles. The summed E-state index contributed by atoms with van der Waals surface area (Å²) < 4.78 is 1.60. The summed E-state index contributed by atoms with van der Waals surface area (Å²) in [6, 6.07) is 62.8. The molecule has 7 aromatic carbocycles. The summed E-state index contributed by atoms with van der Waals surface area (Å²) in [5.41, 5.74) is 7.17. The van der Waals surface area contributed by atoms with Gasteiger partial charge in [0.25, 0.3) is 0 Å². The van der Waals surface area contributed by atoms with Gasteiger partial charge in [0.15, 0.2) is 11.7 Å². The summed E-state index contributed by atoms with van der Waals surface area (Å²) >= 11 is 7.25. The Labute approximate surface area is 279 Å². The average molecular weight is 624 g/mol. The van der Waals surface area contributed by atoms with E-state index < -0.39 is 5.66 Å². The van der Waals surface area contributed by atoms with E-state index in [0.717, 1.165) is 55.3 Å². The van der Waals surface area contributed by atoms with Gasteiger partial charge in [-0.1, -0.05) is 176 Å². The van der Waals surface area contributed by atoms with Gasteiger partial charge in [0, 0.05) is 34.0 Å². The van der Waals surface area contributed by atoms with Crippen molar-refractivity contribution in [3.8, 4) is 22.3 Å². The number of aliphatic imine (C=N–C) groups is 2. The predicted octanol–water partition coefficient (Wildman–Crippen LogP) is 10.7. The largest absolute Gasteiger partial charge is 0.227 e. The van der Waals surface area contributed by atoms with Crippen molar-refractivity contribution in [1.82, 2.24) is 4.42 Å². The highest BCUT2D eigenvalue weighted by molar-refractivity contribution is 6.37. The number of fused-ring (bicyclic) bond motifs is 1. The molecule has 0 bridgehead atoms. The first-order chi connectivity index (χ1) is 23.2. The number of rotatable bonds is 6. The average Bonchev–Trinajstić information content (AvgIpc) is 3.16. The molecule has 0 N–H and O–H groups in total. The second kappa shape index (κ2) is 12.2. The molecule has 0 radical (unpaired) electrons. The van der Waals surface area contributed by atoms with Gasteiger partial charge in [-0.25, -0.2) is 14.4 Å². The monoisotopic (exact) mass is 623 g/mol. The van der Waals surface area contributed by atoms with E-state index in [4.69, 9.17) is 21.8 Å². The zero-order chi connectivity index (χ0) is 31.6. The standard InChI is InChI=1S/C43H30ClN3/c44-47-41(36-17-8-3-9-18-36)45-43(40-29-26-33-16-10-11-19-38(33)30-40,39-27-24-35(25-28-39)32-14-6-2-7-15-32)46-42(47)37-22-20-34(21-23-37)31-12-4-1-5-13-31/h1-30H. The summed E-state index contributed by atoms with van der Waals surface area (Å²) in [6.45, 7) is 0. The second-order valence-electron chi connectivity index (χ2n) is 11.6. The van der Waals surface area contributed by atoms with Crippen molar-refractivity contribution >= 4 is 34.2 Å². The Morgan fingerprint density at radius 1 is 0.362 bits per heavy atom. The lowest BCUT2D eigenvalue weighted by Gasteiger charge is -2.36. The quantitative estimate of drug-likeness (QED) is 0.169. The van der Waals surface area contributed by atoms with Crippen LogP contribution in [-0.4, -0.2) is 16.1 Å². The number of nitrogens with zero attached hydrogens (tertiary/aromatic N) is 3. The zero-order valence-corrected chi connectivity index (χ0v) is 26.3. The van der Waals surface area contributed by atoms with Crippen LogP contribution in [0.3, 0.4) is 0 Å². The second-order valence-corrected chi connectivity index (χ2v) is 12.0. The number of benzene rings is 7. The van der Waals surface area contributed by atoms with Gasteiger partial charge >= 0.3 is 0 Å². The van der Waals surface area contributed by atoms with Crippen molar-refractivity contribution in [2.24, 2.45) is 9.98 Å². The zero-order valence-electron chi connectivity index (χ0n) is 25.5. The molecule has 0 amide bonds. The molecular weight excluding hydrogens is 594 g/mol. The first kappa shape index (κ1) is 28.7. The fourth-order valence-electron chi connectivity index (χ4n) is 6.26. The lowest BCUT2D eigenvalue weighted by atomic mass is 9.88. The molecule has 0 saturated carbocycles. The molecule has 1 unspecified atom stereocenters. The number of hydrogen-bond acceptors (Lipinski definition) is 3. The Morgan fingerprint density at radius 3 is 1.30 bits per heavy atom. The third kappa shape index (κ3) is 5.41. The van der Waals surface area contributed by atoms with Crippen LogP contribution in [0.1, 0.15) is 22.3 Å². The fraction of sp³-hybridized carbons (Fsp3) is 0.0233. The summed E-state index contributed by atoms with van der Waals surface area (Å²) in [6.07, 6.45) is 0. The Bertz CT molecular complexity index is 2230. The first-order valence-corrected chi connectivity index (χ1v) is 16.0. The van der Waals surface area contributed by atoms with Gasteiger partial charge in [-0.15, -0.1) is 0 Å². The van der Waals surface area contributed by atoms with E-state index >= 15 is 0 Å². The molecule has 0 aromatic heterocycles. The Kier molecular flexibility index (Phi) is 7.45. The van der Waals surface area contributed by atoms with Crippen molar-refractivity contribution in [1.29, 1.82) is 0 Å². The molecule has 1 atom stereocenters. The van der Waals surface area contributed by atoms with E-state index in [0.29, 0.717) is 11.7 Å². The highest BCUT2D eigenvalue weighted by Gasteiger charge is 2.41. The van der Waals surface area contributed by atoms with Crippen molar-refractivity contribution in [3.63, 3.8) is 0 Å². The SMILES string of the molecule is ClN1C(c2ccccc2)=NC(c2ccc(-c3ccccc3)cc2)(c2ccc3ccccc3c2)N=C1c1ccc(-c2ccccc2)cc1. The van der Waals surface area contributed by atoms with Gasteiger partial charge in [-0.2, -0.15) is 0 Å². The van der Waals surface area contributed by atoms with Crippen molar-refractivity contribution in [2.45, 2.75) is 5.66 Å². The molecule has 7 aromatic rings. The van der Waals surface area contributed by atoms with Gasteiger partial charge in [0.1, 0.15) is 0 Å². The minimum Gasteiger partial charge on any atom is -0.227 e. The molecule has 3 nitrogen and oxygen atoms in total. The van der Waals surface area contributed by atoms with Gasteiger partial charge in [-0.05, 0) is 39.1 Å². The molecular formula is C43H30ClN3. The summed E-state index contributed by atoms with van der Waals surface area (Å²) in [5.74, 6) is 1.25. The van der Waals surface area contributed by atoms with Crippen LogP contribution in [0.15, 0.2) is 192 Å². The predicted molar refractivity (Wildman–Crippen MR) is 196 cm³/mol. The van der Waals surface area contributed by atoms with E-state index in [-0.39, 0.29) is 0 Å². The van der Waals surface area contributed by atoms with Crippen LogP contribution in [0.2, 0.25) is 0 Å². The van der Waals surface area contributed by atoms with E-state index in [9.17, 15) is 0 Å². The van der Waals surface area contributed by atoms with E-state index in [1.165, 1.54) is 0 Å². The highest BCUT2D eigenvalue weighted by atomic mass is 35.5. The van der Waals surface area contributed by atoms with E-state index in [2.05, 4.69) is 140 Å². The van der Waals surface area contributed by atoms with Gasteiger partial charge < -0.3 is 0 Å². The minimum atomic E-state index is -1.11. The third-order valence-electron chi connectivity index (χ3n) is 8.74. The molecule has 0 aliphatic carbocycles. The number of halogens is 1. The lowest BCUT2D eigenvalue weighted by molar-refractivity contribution is 0.549. The molecule has 0 spiro atoms. The minimum absolute atomic E-state index is 0.625. The van der Waals surface area contributed by atoms with Crippen LogP contribution >= 0.6 is 11.8 Å². The van der Waals surface area contributed by atoms with Crippen LogP contribution in [0.4, 0.5) is 0 Å². The molecule has 8 rings (SSSR count). The molecule has 224 valence electrons. The molecule has 1 aliphatic rings. The van der Waals surface area contributed by atoms with Gasteiger partial charge in [0.2, 0.25) is 5.66 Å². The molecule has 47 heavy (non-hydrogen) atoms. The van der Waals surface area contributed by atoms with Gasteiger partial charge in [0.05, 0.1) is 0 Å². The smallest absolute Gasteiger partial charge is 0.206 e. The maximum absolute atomic E-state index is 7.25. The maximum Gasteiger partial charge on any atom is 0.206 e. The summed E-state index contributed by atoms with van der Waals surface area (Å²) in [4.78, 5) is 11.0. The highest BCUT2D eigenvalue weighted by Crippen LogP contribution is 2.42. The van der Waals surface area contributed by atoms with Crippen molar-refractivity contribution in [3.05, 3.63) is 204 Å². The van der Waals surface area contributed by atoms with Crippen LogP contribution in [0, 0.1) is 0 Å². The maximum atomic E-state index is 7.25. The Morgan fingerprint density at radius 2 is 0.745 bits per heavy atom. The normalized spacial score (nSPS) is 16.1. The summed E-state index contributed by atoms with van der Waals surface area (Å²) in [5, 5.41) is 2.28. The summed E-state index contributed by atoms with van der Waals surface area (Å²) in [7, 11) is 0. The Balaban J connectivity index is 1.36. The van der Waals surface area contributed by atoms with Crippen molar-refractivity contribution in [2.75, 3.05) is 0 Å². The fourth-order valence-corrected chi connectivity index (χ4v) is 6.53. The van der Waals surface area contributed by atoms with E-state index in [1.807, 2.05) is 42.5 Å². The Hall–Kier alpha value is -5.77. The van der Waals surface area contributed by atoms with Crippen molar-refractivity contribution < 1.29 is 0 Å². The topological polar surface area (TPSA) is 28.0 Å². The third-order valence-corrected chi connectivity index (χ3v) is 9.06. The van der Waals surface area contributed by atoms with Crippen LogP contribution in [0.25, 0.3) is 33.0 Å². The molecule has 0 saturated heterocycles. The van der Waals surface area contributed by atoms with Crippen LogP contribution < -0.4 is 0 Å². The van der Waals surface area contributed by atoms with Crippen LogP contribution in [0.5, 0.6) is 0 Å². The molecule has 0 fully saturated rings. The first-order valence-electron chi connectivity index (χ1n) is 15.7. The number of hydrogen-bond donors (Lipinski definition) is 0. The lowest BCUT2D eigenvalue weighted by Crippen LogP contribution is -2.41. The molecule has 1 aliphatic heterocycles.